The van der Waals surface area contributed by atoms with Crippen LogP contribution in [0.2, 0.25) is 0 Å². The minimum atomic E-state index is -4.57. The summed E-state index contributed by atoms with van der Waals surface area (Å²) < 4.78 is 39.4. The Bertz CT molecular complexity index is 634. The summed E-state index contributed by atoms with van der Waals surface area (Å²) in [5, 5.41) is 5.28. The Balaban J connectivity index is 2.21. The number of H-pyrrole nitrogens is 1. The quantitative estimate of drug-likeness (QED) is 0.831. The summed E-state index contributed by atoms with van der Waals surface area (Å²) in [6.45, 7) is 0.191. The van der Waals surface area contributed by atoms with E-state index in [1.54, 1.807) is 18.2 Å². The number of aromatic nitrogens is 3. The van der Waals surface area contributed by atoms with Crippen molar-refractivity contribution >= 4 is 28.1 Å². The van der Waals surface area contributed by atoms with E-state index in [0.29, 0.717) is 0 Å². The van der Waals surface area contributed by atoms with Gasteiger partial charge in [-0.3, -0.25) is 0 Å². The minimum absolute atomic E-state index is 0.137. The highest BCUT2D eigenvalue weighted by atomic mass is 79.9. The number of hydrogen-bond donors (Lipinski definition) is 2. The molecule has 2 aromatic rings. The molecule has 0 atom stereocenters. The number of nitrogens with one attached hydrogen (secondary N) is 2. The molecule has 0 aliphatic heterocycles. The molecule has 2 N–H and O–H groups in total. The van der Waals surface area contributed by atoms with E-state index in [1.807, 2.05) is 6.07 Å². The molecular formula is C10H8BrF3N4S. The van der Waals surface area contributed by atoms with E-state index in [1.165, 1.54) is 0 Å². The highest BCUT2D eigenvalue weighted by Gasteiger charge is 2.37. The Morgan fingerprint density at radius 2 is 2.16 bits per heavy atom. The predicted octanol–water partition coefficient (Wildman–Crippen LogP) is 3.47. The van der Waals surface area contributed by atoms with Gasteiger partial charge in [0.1, 0.15) is 0 Å². The van der Waals surface area contributed by atoms with Gasteiger partial charge in [-0.2, -0.15) is 13.2 Å². The molecule has 1 aromatic heterocycles. The van der Waals surface area contributed by atoms with E-state index < -0.39 is 12.0 Å². The molecule has 0 saturated carbocycles. The summed E-state index contributed by atoms with van der Waals surface area (Å²) in [6.07, 6.45) is -4.57. The highest BCUT2D eigenvalue weighted by Crippen LogP contribution is 2.26. The lowest BCUT2D eigenvalue weighted by Gasteiger charge is -2.11. The SMILES string of the molecule is FC(F)(F)c1n[nH]c(=S)n1NCc1cccc(Br)c1. The lowest BCUT2D eigenvalue weighted by molar-refractivity contribution is -0.146. The van der Waals surface area contributed by atoms with Crippen LogP contribution in [0.5, 0.6) is 0 Å². The zero-order valence-corrected chi connectivity index (χ0v) is 11.7. The molecule has 0 unspecified atom stereocenters. The van der Waals surface area contributed by atoms with Gasteiger partial charge < -0.3 is 5.43 Å². The summed E-state index contributed by atoms with van der Waals surface area (Å²) >= 11 is 8.04. The largest absolute Gasteiger partial charge is 0.453 e. The van der Waals surface area contributed by atoms with Crippen LogP contribution in [-0.2, 0) is 12.7 Å². The average molecular weight is 353 g/mol. The van der Waals surface area contributed by atoms with Crippen LogP contribution in [-0.4, -0.2) is 14.9 Å². The van der Waals surface area contributed by atoms with Crippen molar-refractivity contribution in [2.75, 3.05) is 5.43 Å². The summed E-state index contributed by atoms with van der Waals surface area (Å²) in [4.78, 5) is 0. The fourth-order valence-electron chi connectivity index (χ4n) is 1.45. The van der Waals surface area contributed by atoms with Gasteiger partial charge in [0, 0.05) is 4.47 Å². The van der Waals surface area contributed by atoms with Crippen molar-refractivity contribution in [3.63, 3.8) is 0 Å². The number of aromatic amines is 1. The fraction of sp³-hybridized carbons (Fsp3) is 0.200. The molecule has 4 nitrogen and oxygen atoms in total. The maximum Gasteiger partial charge on any atom is 0.453 e. The maximum absolute atomic E-state index is 12.7. The fourth-order valence-corrected chi connectivity index (χ4v) is 2.09. The van der Waals surface area contributed by atoms with Gasteiger partial charge >= 0.3 is 6.18 Å². The zero-order valence-electron chi connectivity index (χ0n) is 9.33. The Labute approximate surface area is 119 Å². The molecule has 1 heterocycles. The van der Waals surface area contributed by atoms with Crippen LogP contribution in [0, 0.1) is 4.77 Å². The smallest absolute Gasteiger partial charge is 0.317 e. The Hall–Kier alpha value is -1.35. The van der Waals surface area contributed by atoms with Crippen LogP contribution >= 0.6 is 28.1 Å². The molecule has 0 radical (unpaired) electrons. The highest BCUT2D eigenvalue weighted by molar-refractivity contribution is 9.10. The van der Waals surface area contributed by atoms with E-state index >= 15 is 0 Å². The van der Waals surface area contributed by atoms with Crippen molar-refractivity contribution in [3.8, 4) is 0 Å². The molecule has 0 bridgehead atoms. The summed E-state index contributed by atoms with van der Waals surface area (Å²) in [5.41, 5.74) is 3.40. The zero-order chi connectivity index (χ0) is 14.0. The molecule has 0 aliphatic carbocycles. The van der Waals surface area contributed by atoms with E-state index in [-0.39, 0.29) is 11.3 Å². The minimum Gasteiger partial charge on any atom is -0.317 e. The van der Waals surface area contributed by atoms with Crippen molar-refractivity contribution in [2.45, 2.75) is 12.7 Å². The van der Waals surface area contributed by atoms with Gasteiger partial charge in [0.2, 0.25) is 4.77 Å². The Morgan fingerprint density at radius 1 is 1.42 bits per heavy atom. The third-order valence-corrected chi connectivity index (χ3v) is 3.02. The van der Waals surface area contributed by atoms with Gasteiger partial charge in [0.25, 0.3) is 5.82 Å². The number of nitrogens with zero attached hydrogens (tertiary/aromatic N) is 2. The molecular weight excluding hydrogens is 345 g/mol. The van der Waals surface area contributed by atoms with Crippen LogP contribution in [0.15, 0.2) is 28.7 Å². The molecule has 0 amide bonds. The Kier molecular flexibility index (Phi) is 3.95. The average Bonchev–Trinajstić information content (AvgIpc) is 2.68. The third kappa shape index (κ3) is 3.35. The molecule has 102 valence electrons. The summed E-state index contributed by atoms with van der Waals surface area (Å²) in [7, 11) is 0. The number of alkyl halides is 3. The van der Waals surface area contributed by atoms with Crippen LogP contribution < -0.4 is 5.43 Å². The van der Waals surface area contributed by atoms with Crippen molar-refractivity contribution in [1.29, 1.82) is 0 Å². The van der Waals surface area contributed by atoms with Crippen molar-refractivity contribution in [2.24, 2.45) is 0 Å². The standard InChI is InChI=1S/C10H8BrF3N4S/c11-7-3-1-2-6(4-7)5-15-18-8(10(12,13)14)16-17-9(18)19/h1-4,15H,5H2,(H,17,19). The van der Waals surface area contributed by atoms with E-state index in [2.05, 4.69) is 31.6 Å². The molecule has 0 fully saturated rings. The molecule has 19 heavy (non-hydrogen) atoms. The first-order chi connectivity index (χ1) is 8.88. The molecule has 2 rings (SSSR count). The van der Waals surface area contributed by atoms with Crippen LogP contribution in [0.25, 0.3) is 0 Å². The number of hydrogen-bond acceptors (Lipinski definition) is 3. The van der Waals surface area contributed by atoms with Crippen molar-refractivity contribution < 1.29 is 13.2 Å². The second-order valence-electron chi connectivity index (χ2n) is 3.65. The van der Waals surface area contributed by atoms with Gasteiger partial charge in [0.05, 0.1) is 6.54 Å². The first-order valence-corrected chi connectivity index (χ1v) is 6.31. The molecule has 0 spiro atoms. The summed E-state index contributed by atoms with van der Waals surface area (Å²) in [5.74, 6) is -1.10. The van der Waals surface area contributed by atoms with Crippen LogP contribution in [0.1, 0.15) is 11.4 Å². The van der Waals surface area contributed by atoms with Gasteiger partial charge in [-0.25, -0.2) is 9.77 Å². The molecule has 0 aliphatic rings. The topological polar surface area (TPSA) is 45.6 Å². The normalized spacial score (nSPS) is 11.6. The number of rotatable bonds is 3. The lowest BCUT2D eigenvalue weighted by Crippen LogP contribution is -2.23. The molecule has 1 aromatic carbocycles. The maximum atomic E-state index is 12.7. The number of benzene rings is 1. The van der Waals surface area contributed by atoms with E-state index in [0.717, 1.165) is 14.7 Å². The predicted molar refractivity (Wildman–Crippen MR) is 69.6 cm³/mol. The first kappa shape index (κ1) is 14.1. The van der Waals surface area contributed by atoms with E-state index in [9.17, 15) is 13.2 Å². The monoisotopic (exact) mass is 352 g/mol. The molecule has 0 saturated heterocycles. The lowest BCUT2D eigenvalue weighted by atomic mass is 10.2. The van der Waals surface area contributed by atoms with Crippen LogP contribution in [0.3, 0.4) is 0 Å². The van der Waals surface area contributed by atoms with E-state index in [4.69, 9.17) is 12.2 Å². The second-order valence-corrected chi connectivity index (χ2v) is 4.95. The van der Waals surface area contributed by atoms with Crippen molar-refractivity contribution in [3.05, 3.63) is 44.9 Å². The number of halogens is 4. The second kappa shape index (κ2) is 5.33. The van der Waals surface area contributed by atoms with Crippen LogP contribution in [0.4, 0.5) is 13.2 Å². The Morgan fingerprint density at radius 3 is 2.79 bits per heavy atom. The third-order valence-electron chi connectivity index (χ3n) is 2.26. The van der Waals surface area contributed by atoms with Gasteiger partial charge in [-0.15, -0.1) is 5.10 Å². The van der Waals surface area contributed by atoms with Gasteiger partial charge in [0.15, 0.2) is 0 Å². The van der Waals surface area contributed by atoms with Gasteiger partial charge in [-0.1, -0.05) is 28.1 Å². The molecule has 9 heteroatoms. The first-order valence-electron chi connectivity index (χ1n) is 5.11. The van der Waals surface area contributed by atoms with Gasteiger partial charge in [-0.05, 0) is 29.9 Å². The van der Waals surface area contributed by atoms with Crippen molar-refractivity contribution in [1.82, 2.24) is 14.9 Å². The summed E-state index contributed by atoms with van der Waals surface area (Å²) in [6, 6.07) is 7.20.